The number of hydrogen-bond donors (Lipinski definition) is 0. The summed E-state index contributed by atoms with van der Waals surface area (Å²) in [6, 6.07) is 0. The van der Waals surface area contributed by atoms with Gasteiger partial charge >= 0.3 is 0 Å². The summed E-state index contributed by atoms with van der Waals surface area (Å²) in [6.45, 7) is 3.53. The Morgan fingerprint density at radius 2 is 2.38 bits per heavy atom. The van der Waals surface area contributed by atoms with Gasteiger partial charge in [-0.3, -0.25) is 0 Å². The largest absolute Gasteiger partial charge is 0.377 e. The summed E-state index contributed by atoms with van der Waals surface area (Å²) < 4.78 is 5.05. The maximum Gasteiger partial charge on any atom is 0.0658 e. The Hall–Kier alpha value is -0.0100. The number of hydrogen-bond acceptors (Lipinski definition) is 1. The maximum atomic E-state index is 5.22. The fourth-order valence-electron chi connectivity index (χ4n) is 0.332. The summed E-state index contributed by atoms with van der Waals surface area (Å²) in [4.78, 5) is 0. The van der Waals surface area contributed by atoms with Gasteiger partial charge in [0.2, 0.25) is 0 Å². The van der Waals surface area contributed by atoms with Gasteiger partial charge in [0.25, 0.3) is 0 Å². The van der Waals surface area contributed by atoms with Crippen LogP contribution in [0.2, 0.25) is 0 Å². The van der Waals surface area contributed by atoms with Crippen molar-refractivity contribution in [1.29, 1.82) is 0 Å². The lowest BCUT2D eigenvalue weighted by Crippen LogP contribution is -1.90. The summed E-state index contributed by atoms with van der Waals surface area (Å²) in [5.74, 6) is 0. The molecule has 2 heteroatoms. The molecule has 0 aliphatic heterocycles. The van der Waals surface area contributed by atoms with Crippen LogP contribution in [0.4, 0.5) is 0 Å². The van der Waals surface area contributed by atoms with E-state index in [1.165, 1.54) is 5.54 Å². The van der Waals surface area contributed by atoms with Crippen molar-refractivity contribution in [2.45, 2.75) is 13.3 Å². The van der Waals surface area contributed by atoms with E-state index < -0.39 is 0 Å². The zero-order valence-electron chi connectivity index (χ0n) is 5.06. The molecule has 0 N–H and O–H groups in total. The van der Waals surface area contributed by atoms with Crippen molar-refractivity contribution >= 4 is 11.6 Å². The van der Waals surface area contributed by atoms with E-state index in [9.17, 15) is 0 Å². The average Bonchev–Trinajstić information content (AvgIpc) is 1.81. The highest BCUT2D eigenvalue weighted by molar-refractivity contribution is 6.25. The molecule has 0 heterocycles. The molecule has 0 radical (unpaired) electrons. The molecule has 1 nitrogen and oxygen atoms in total. The fourth-order valence-corrected chi connectivity index (χ4v) is 0.405. The molecule has 0 saturated heterocycles. The van der Waals surface area contributed by atoms with Crippen LogP contribution in [-0.4, -0.2) is 13.2 Å². The molecular weight excluding hydrogens is 124 g/mol. The van der Waals surface area contributed by atoms with E-state index in [-0.39, 0.29) is 0 Å². The first-order valence-electron chi connectivity index (χ1n) is 2.74. The van der Waals surface area contributed by atoms with Gasteiger partial charge in [-0.1, -0.05) is 18.5 Å². The Kier molecular flexibility index (Phi) is 6.98. The minimum absolute atomic E-state index is 0.636. The molecule has 0 unspecified atom stereocenters. The van der Waals surface area contributed by atoms with Crippen LogP contribution in [0.5, 0.6) is 0 Å². The number of halogens is 1. The first kappa shape index (κ1) is 7.99. The van der Waals surface area contributed by atoms with Gasteiger partial charge in [0.05, 0.1) is 6.61 Å². The SMILES string of the molecule is CCCOCC=CCl. The molecule has 8 heavy (non-hydrogen) atoms. The first-order chi connectivity index (χ1) is 3.91. The van der Waals surface area contributed by atoms with Crippen LogP contribution < -0.4 is 0 Å². The van der Waals surface area contributed by atoms with E-state index in [0.29, 0.717) is 6.61 Å². The zero-order valence-corrected chi connectivity index (χ0v) is 5.82. The lowest BCUT2D eigenvalue weighted by atomic mass is 10.5. The molecule has 0 aromatic rings. The number of ether oxygens (including phenoxy) is 1. The highest BCUT2D eigenvalue weighted by Gasteiger charge is 1.76. The standard InChI is InChI=1S/C6H11ClO/c1-2-5-8-6-3-4-7/h3-4H,2,5-6H2,1H3. The Labute approximate surface area is 55.3 Å². The van der Waals surface area contributed by atoms with Crippen molar-refractivity contribution in [3.05, 3.63) is 11.6 Å². The van der Waals surface area contributed by atoms with Crippen LogP contribution in [0.15, 0.2) is 11.6 Å². The average molecular weight is 135 g/mol. The second-order valence-corrected chi connectivity index (χ2v) is 1.69. The van der Waals surface area contributed by atoms with Gasteiger partial charge in [-0.2, -0.15) is 0 Å². The summed E-state index contributed by atoms with van der Waals surface area (Å²) >= 11 is 5.22. The monoisotopic (exact) mass is 134 g/mol. The maximum absolute atomic E-state index is 5.22. The summed E-state index contributed by atoms with van der Waals surface area (Å²) in [7, 11) is 0. The minimum Gasteiger partial charge on any atom is -0.377 e. The highest BCUT2D eigenvalue weighted by atomic mass is 35.5. The van der Waals surface area contributed by atoms with Crippen molar-refractivity contribution in [2.75, 3.05) is 13.2 Å². The van der Waals surface area contributed by atoms with E-state index in [0.717, 1.165) is 13.0 Å². The molecule has 0 aromatic carbocycles. The third kappa shape index (κ3) is 5.99. The second kappa shape index (κ2) is 6.99. The predicted octanol–water partition coefficient (Wildman–Crippen LogP) is 2.17. The van der Waals surface area contributed by atoms with Crippen LogP contribution >= 0.6 is 11.6 Å². The molecular formula is C6H11ClO. The smallest absolute Gasteiger partial charge is 0.0658 e. The van der Waals surface area contributed by atoms with Crippen LogP contribution in [0, 0.1) is 0 Å². The highest BCUT2D eigenvalue weighted by Crippen LogP contribution is 1.82. The molecule has 0 aliphatic carbocycles. The molecule has 0 bridgehead atoms. The van der Waals surface area contributed by atoms with E-state index >= 15 is 0 Å². The van der Waals surface area contributed by atoms with Crippen molar-refractivity contribution in [3.63, 3.8) is 0 Å². The summed E-state index contributed by atoms with van der Waals surface area (Å²) in [5, 5.41) is 0. The van der Waals surface area contributed by atoms with Gasteiger partial charge in [-0.15, -0.1) is 0 Å². The van der Waals surface area contributed by atoms with Crippen LogP contribution in [0.3, 0.4) is 0 Å². The van der Waals surface area contributed by atoms with Crippen molar-refractivity contribution in [2.24, 2.45) is 0 Å². The van der Waals surface area contributed by atoms with Crippen LogP contribution in [0.25, 0.3) is 0 Å². The van der Waals surface area contributed by atoms with E-state index in [1.54, 1.807) is 6.08 Å². The van der Waals surface area contributed by atoms with Crippen molar-refractivity contribution < 1.29 is 4.74 Å². The Balaban J connectivity index is 2.72. The molecule has 0 saturated carbocycles. The molecule has 0 amide bonds. The Bertz CT molecular complexity index is 61.5. The van der Waals surface area contributed by atoms with Crippen molar-refractivity contribution in [1.82, 2.24) is 0 Å². The summed E-state index contributed by atoms with van der Waals surface area (Å²) in [6.07, 6.45) is 2.84. The second-order valence-electron chi connectivity index (χ2n) is 1.44. The topological polar surface area (TPSA) is 9.23 Å². The lowest BCUT2D eigenvalue weighted by molar-refractivity contribution is 0.163. The fraction of sp³-hybridized carbons (Fsp3) is 0.667. The van der Waals surface area contributed by atoms with Crippen LogP contribution in [-0.2, 0) is 4.74 Å². The van der Waals surface area contributed by atoms with E-state index in [4.69, 9.17) is 16.3 Å². The third-order valence-corrected chi connectivity index (χ3v) is 0.830. The van der Waals surface area contributed by atoms with Gasteiger partial charge in [-0.05, 0) is 12.5 Å². The summed E-state index contributed by atoms with van der Waals surface area (Å²) in [5.41, 5.74) is 1.47. The van der Waals surface area contributed by atoms with Gasteiger partial charge in [-0.25, -0.2) is 0 Å². The van der Waals surface area contributed by atoms with Crippen molar-refractivity contribution in [3.8, 4) is 0 Å². The molecule has 48 valence electrons. The molecule has 0 rings (SSSR count). The Morgan fingerprint density at radius 3 is 2.88 bits per heavy atom. The van der Waals surface area contributed by atoms with E-state index in [2.05, 4.69) is 6.92 Å². The lowest BCUT2D eigenvalue weighted by Gasteiger charge is -1.93. The molecule has 0 aromatic heterocycles. The quantitative estimate of drug-likeness (QED) is 0.536. The van der Waals surface area contributed by atoms with Gasteiger partial charge in [0.15, 0.2) is 0 Å². The molecule has 0 atom stereocenters. The molecule has 0 aliphatic rings. The van der Waals surface area contributed by atoms with Gasteiger partial charge in [0.1, 0.15) is 0 Å². The third-order valence-electron chi connectivity index (χ3n) is 0.652. The number of rotatable bonds is 4. The first-order valence-corrected chi connectivity index (χ1v) is 3.18. The van der Waals surface area contributed by atoms with Gasteiger partial charge in [0, 0.05) is 12.1 Å². The normalized spacial score (nSPS) is 10.8. The van der Waals surface area contributed by atoms with E-state index in [1.807, 2.05) is 0 Å². The molecule has 0 spiro atoms. The van der Waals surface area contributed by atoms with Crippen LogP contribution in [0.1, 0.15) is 13.3 Å². The zero-order chi connectivity index (χ0) is 6.24. The predicted molar refractivity (Wildman–Crippen MR) is 36.1 cm³/mol. The minimum atomic E-state index is 0.636. The Morgan fingerprint density at radius 1 is 1.62 bits per heavy atom. The molecule has 0 fully saturated rings. The van der Waals surface area contributed by atoms with Gasteiger partial charge < -0.3 is 4.74 Å².